The highest BCUT2D eigenvalue weighted by Gasteiger charge is 2.29. The topological polar surface area (TPSA) is 52.7 Å². The predicted molar refractivity (Wildman–Crippen MR) is 84.8 cm³/mol. The summed E-state index contributed by atoms with van der Waals surface area (Å²) >= 11 is 0. The minimum atomic E-state index is -3.39. The van der Waals surface area contributed by atoms with Gasteiger partial charge in [0, 0.05) is 32.7 Å². The molecule has 6 heteroatoms. The van der Waals surface area contributed by atoms with Crippen molar-refractivity contribution in [2.45, 2.75) is 24.8 Å². The lowest BCUT2D eigenvalue weighted by Gasteiger charge is -2.32. The molecule has 1 saturated heterocycles. The van der Waals surface area contributed by atoms with Gasteiger partial charge in [-0.05, 0) is 37.7 Å². The monoisotopic (exact) mass is 311 g/mol. The molecule has 0 spiro atoms. The molecule has 1 aliphatic rings. The average molecular weight is 311 g/mol. The van der Waals surface area contributed by atoms with E-state index in [1.54, 1.807) is 4.31 Å². The number of likely N-dealkylation sites (N-methyl/N-ethyl adjacent to an activating group) is 1. The molecule has 1 aromatic rings. The first-order valence-electron chi connectivity index (χ1n) is 7.44. The second-order valence-electron chi connectivity index (χ2n) is 5.53. The van der Waals surface area contributed by atoms with Crippen molar-refractivity contribution in [3.8, 4) is 0 Å². The largest absolute Gasteiger partial charge is 0.316 e. The van der Waals surface area contributed by atoms with Gasteiger partial charge in [-0.25, -0.2) is 8.42 Å². The van der Waals surface area contributed by atoms with Gasteiger partial charge in [0.25, 0.3) is 0 Å². The molecule has 1 N–H and O–H groups in total. The maximum atomic E-state index is 12.9. The Morgan fingerprint density at radius 2 is 1.86 bits per heavy atom. The maximum Gasteiger partial charge on any atom is 0.243 e. The van der Waals surface area contributed by atoms with Crippen LogP contribution in [0.15, 0.2) is 23.1 Å². The summed E-state index contributed by atoms with van der Waals surface area (Å²) in [5.41, 5.74) is 1.90. The molecule has 0 saturated carbocycles. The van der Waals surface area contributed by atoms with E-state index in [0.29, 0.717) is 24.5 Å². The Bertz CT molecular complexity index is 579. The van der Waals surface area contributed by atoms with E-state index < -0.39 is 10.0 Å². The van der Waals surface area contributed by atoms with Gasteiger partial charge in [-0.2, -0.15) is 4.31 Å². The van der Waals surface area contributed by atoms with Crippen molar-refractivity contribution in [2.24, 2.45) is 0 Å². The first kappa shape index (κ1) is 16.4. The van der Waals surface area contributed by atoms with E-state index in [4.69, 9.17) is 0 Å². The van der Waals surface area contributed by atoms with Crippen LogP contribution >= 0.6 is 0 Å². The number of aryl methyl sites for hydroxylation is 1. The lowest BCUT2D eigenvalue weighted by atomic mass is 10.1. The SMILES string of the molecule is CCc1ccc(CNC)cc1S(=O)(=O)N1CCN(C)CC1. The van der Waals surface area contributed by atoms with Crippen LogP contribution in [0, 0.1) is 0 Å². The third-order valence-electron chi connectivity index (χ3n) is 3.97. The van der Waals surface area contributed by atoms with E-state index >= 15 is 0 Å². The Balaban J connectivity index is 2.35. The molecule has 2 rings (SSSR count). The van der Waals surface area contributed by atoms with Gasteiger partial charge in [0.05, 0.1) is 4.90 Å². The molecule has 1 fully saturated rings. The summed E-state index contributed by atoms with van der Waals surface area (Å²) in [6.45, 7) is 5.38. The van der Waals surface area contributed by atoms with Crippen LogP contribution in [0.3, 0.4) is 0 Å². The van der Waals surface area contributed by atoms with E-state index in [1.807, 2.05) is 39.2 Å². The van der Waals surface area contributed by atoms with Crippen LogP contribution in [-0.4, -0.2) is 57.9 Å². The molecule has 1 aromatic carbocycles. The van der Waals surface area contributed by atoms with Gasteiger partial charge in [0.1, 0.15) is 0 Å². The van der Waals surface area contributed by atoms with E-state index in [-0.39, 0.29) is 0 Å². The maximum absolute atomic E-state index is 12.9. The van der Waals surface area contributed by atoms with Crippen molar-refractivity contribution in [3.05, 3.63) is 29.3 Å². The summed E-state index contributed by atoms with van der Waals surface area (Å²) in [5.74, 6) is 0. The molecule has 0 bridgehead atoms. The molecule has 5 nitrogen and oxygen atoms in total. The Labute approximate surface area is 128 Å². The molecule has 0 unspecified atom stereocenters. The minimum absolute atomic E-state index is 0.474. The van der Waals surface area contributed by atoms with E-state index in [0.717, 1.165) is 30.6 Å². The van der Waals surface area contributed by atoms with E-state index in [2.05, 4.69) is 10.2 Å². The number of rotatable bonds is 5. The zero-order valence-electron chi connectivity index (χ0n) is 13.1. The highest BCUT2D eigenvalue weighted by molar-refractivity contribution is 7.89. The zero-order valence-corrected chi connectivity index (χ0v) is 13.9. The predicted octanol–water partition coefficient (Wildman–Crippen LogP) is 0.905. The average Bonchev–Trinajstić information content (AvgIpc) is 2.48. The lowest BCUT2D eigenvalue weighted by Crippen LogP contribution is -2.47. The van der Waals surface area contributed by atoms with Gasteiger partial charge >= 0.3 is 0 Å². The number of benzene rings is 1. The molecule has 0 aliphatic carbocycles. The summed E-state index contributed by atoms with van der Waals surface area (Å²) in [7, 11) is 0.496. The fraction of sp³-hybridized carbons (Fsp3) is 0.600. The van der Waals surface area contributed by atoms with Gasteiger partial charge in [0.2, 0.25) is 10.0 Å². The quantitative estimate of drug-likeness (QED) is 0.878. The normalized spacial score (nSPS) is 18.0. The first-order valence-corrected chi connectivity index (χ1v) is 8.88. The molecule has 0 atom stereocenters. The zero-order chi connectivity index (χ0) is 15.5. The lowest BCUT2D eigenvalue weighted by molar-refractivity contribution is 0.222. The fourth-order valence-corrected chi connectivity index (χ4v) is 4.38. The van der Waals surface area contributed by atoms with Crippen molar-refractivity contribution >= 4 is 10.0 Å². The highest BCUT2D eigenvalue weighted by Crippen LogP contribution is 2.23. The molecule has 1 aliphatic heterocycles. The molecule has 21 heavy (non-hydrogen) atoms. The molecule has 0 radical (unpaired) electrons. The van der Waals surface area contributed by atoms with Crippen molar-refractivity contribution in [1.82, 2.24) is 14.5 Å². The Morgan fingerprint density at radius 1 is 1.19 bits per heavy atom. The Kier molecular flexibility index (Phi) is 5.37. The smallest absolute Gasteiger partial charge is 0.243 e. The van der Waals surface area contributed by atoms with Crippen LogP contribution in [0.25, 0.3) is 0 Å². The van der Waals surface area contributed by atoms with Gasteiger partial charge in [-0.3, -0.25) is 0 Å². The summed E-state index contributed by atoms with van der Waals surface area (Å²) in [6, 6.07) is 5.76. The Morgan fingerprint density at radius 3 is 2.43 bits per heavy atom. The van der Waals surface area contributed by atoms with Crippen molar-refractivity contribution in [2.75, 3.05) is 40.3 Å². The number of hydrogen-bond acceptors (Lipinski definition) is 4. The molecule has 118 valence electrons. The number of nitrogens with zero attached hydrogens (tertiary/aromatic N) is 2. The number of sulfonamides is 1. The van der Waals surface area contributed by atoms with E-state index in [1.165, 1.54) is 0 Å². The van der Waals surface area contributed by atoms with Crippen molar-refractivity contribution in [1.29, 1.82) is 0 Å². The molecular formula is C15H25N3O2S. The summed E-state index contributed by atoms with van der Waals surface area (Å²) in [4.78, 5) is 2.63. The number of piperazine rings is 1. The van der Waals surface area contributed by atoms with Crippen molar-refractivity contribution in [3.63, 3.8) is 0 Å². The molecule has 0 amide bonds. The van der Waals surface area contributed by atoms with Gasteiger partial charge in [-0.15, -0.1) is 0 Å². The number of hydrogen-bond donors (Lipinski definition) is 1. The second kappa shape index (κ2) is 6.87. The third-order valence-corrected chi connectivity index (χ3v) is 5.95. The molecule has 1 heterocycles. The summed E-state index contributed by atoms with van der Waals surface area (Å²) in [6.07, 6.45) is 0.724. The Hall–Kier alpha value is -0.950. The van der Waals surface area contributed by atoms with Crippen LogP contribution in [0.1, 0.15) is 18.1 Å². The highest BCUT2D eigenvalue weighted by atomic mass is 32.2. The standard InChI is InChI=1S/C15H25N3O2S/c1-4-14-6-5-13(12-16-2)11-15(14)21(19,20)18-9-7-17(3)8-10-18/h5-6,11,16H,4,7-10,12H2,1-3H3. The molecule has 0 aromatic heterocycles. The van der Waals surface area contributed by atoms with Crippen LogP contribution in [-0.2, 0) is 23.0 Å². The van der Waals surface area contributed by atoms with Gasteiger partial charge in [0.15, 0.2) is 0 Å². The summed E-state index contributed by atoms with van der Waals surface area (Å²) in [5, 5.41) is 3.07. The fourth-order valence-electron chi connectivity index (χ4n) is 2.61. The van der Waals surface area contributed by atoms with Crippen LogP contribution in [0.2, 0.25) is 0 Å². The summed E-state index contributed by atoms with van der Waals surface area (Å²) < 4.78 is 27.4. The van der Waals surface area contributed by atoms with Gasteiger partial charge in [-0.1, -0.05) is 19.1 Å². The van der Waals surface area contributed by atoms with Gasteiger partial charge < -0.3 is 10.2 Å². The minimum Gasteiger partial charge on any atom is -0.316 e. The molecular weight excluding hydrogens is 286 g/mol. The van der Waals surface area contributed by atoms with Crippen molar-refractivity contribution < 1.29 is 8.42 Å². The number of nitrogens with one attached hydrogen (secondary N) is 1. The third kappa shape index (κ3) is 3.63. The van der Waals surface area contributed by atoms with Crippen LogP contribution < -0.4 is 5.32 Å². The van der Waals surface area contributed by atoms with Crippen LogP contribution in [0.4, 0.5) is 0 Å². The second-order valence-corrected chi connectivity index (χ2v) is 7.44. The van der Waals surface area contributed by atoms with E-state index in [9.17, 15) is 8.42 Å². The van der Waals surface area contributed by atoms with Crippen LogP contribution in [0.5, 0.6) is 0 Å². The first-order chi connectivity index (χ1) is 9.98.